The molecule has 0 unspecified atom stereocenters. The van der Waals surface area contributed by atoms with Crippen LogP contribution in [0, 0.1) is 11.3 Å². The Morgan fingerprint density at radius 1 is 1.32 bits per heavy atom. The van der Waals surface area contributed by atoms with Crippen molar-refractivity contribution in [2.24, 2.45) is 0 Å². The lowest BCUT2D eigenvalue weighted by Gasteiger charge is -2.15. The molecule has 0 aliphatic carbocycles. The van der Waals surface area contributed by atoms with Crippen LogP contribution < -0.4 is 4.74 Å². The molecule has 1 atom stereocenters. The Balaban J connectivity index is 1.58. The summed E-state index contributed by atoms with van der Waals surface area (Å²) in [6.45, 7) is 1.04. The zero-order valence-electron chi connectivity index (χ0n) is 13.3. The second-order valence-corrected chi connectivity index (χ2v) is 5.96. The highest BCUT2D eigenvalue weighted by atomic mass is 35.5. The van der Waals surface area contributed by atoms with Crippen LogP contribution in [-0.4, -0.2) is 40.0 Å². The van der Waals surface area contributed by atoms with Crippen LogP contribution in [0.25, 0.3) is 6.08 Å². The van der Waals surface area contributed by atoms with Crippen LogP contribution in [0.1, 0.15) is 17.7 Å². The van der Waals surface area contributed by atoms with Crippen molar-refractivity contribution in [3.63, 3.8) is 0 Å². The van der Waals surface area contributed by atoms with Gasteiger partial charge in [-0.25, -0.2) is 9.97 Å². The average molecular weight is 355 g/mol. The first-order chi connectivity index (χ1) is 12.2. The summed E-state index contributed by atoms with van der Waals surface area (Å²) in [5.41, 5.74) is 1.05. The fraction of sp³-hybridized carbons (Fsp3) is 0.222. The third kappa shape index (κ3) is 4.34. The monoisotopic (exact) mass is 354 g/mol. The molecule has 2 aromatic rings. The molecule has 1 aromatic carbocycles. The number of nitrogens with zero attached hydrogens (tertiary/aromatic N) is 4. The minimum absolute atomic E-state index is 0.0827. The molecule has 0 bridgehead atoms. The Kier molecular flexibility index (Phi) is 5.26. The third-order valence-electron chi connectivity index (χ3n) is 3.79. The first-order valence-corrected chi connectivity index (χ1v) is 8.14. The highest BCUT2D eigenvalue weighted by Crippen LogP contribution is 2.19. The molecular formula is C18H15ClN4O2. The molecule has 2 heterocycles. The van der Waals surface area contributed by atoms with Crippen LogP contribution in [0.15, 0.2) is 42.7 Å². The van der Waals surface area contributed by atoms with Crippen LogP contribution in [0.5, 0.6) is 5.88 Å². The van der Waals surface area contributed by atoms with E-state index in [1.54, 1.807) is 23.1 Å². The minimum Gasteiger partial charge on any atom is -0.470 e. The third-order valence-corrected chi connectivity index (χ3v) is 4.05. The predicted molar refractivity (Wildman–Crippen MR) is 92.8 cm³/mol. The Morgan fingerprint density at radius 2 is 2.08 bits per heavy atom. The number of carbonyl (C=O) groups is 1. The fourth-order valence-electron chi connectivity index (χ4n) is 2.52. The molecule has 126 valence electrons. The van der Waals surface area contributed by atoms with Gasteiger partial charge in [0.15, 0.2) is 0 Å². The number of ether oxygens (including phenoxy) is 1. The second kappa shape index (κ2) is 7.77. The molecule has 0 N–H and O–H groups in total. The Bertz CT molecular complexity index is 830. The van der Waals surface area contributed by atoms with Crippen molar-refractivity contribution < 1.29 is 9.53 Å². The number of likely N-dealkylation sites (tertiary alicyclic amines) is 1. The van der Waals surface area contributed by atoms with Gasteiger partial charge in [-0.3, -0.25) is 4.79 Å². The average Bonchev–Trinajstić information content (AvgIpc) is 3.10. The van der Waals surface area contributed by atoms with Crippen molar-refractivity contribution >= 4 is 23.6 Å². The maximum atomic E-state index is 12.3. The summed E-state index contributed by atoms with van der Waals surface area (Å²) in [4.78, 5) is 21.9. The SMILES string of the molecule is N#Cc1nccnc1O[C@H]1CCN(C(=O)/C=C/c2ccc(Cl)cc2)C1. The highest BCUT2D eigenvalue weighted by Gasteiger charge is 2.27. The Labute approximate surface area is 150 Å². The first kappa shape index (κ1) is 16.9. The summed E-state index contributed by atoms with van der Waals surface area (Å²) >= 11 is 5.84. The van der Waals surface area contributed by atoms with Crippen molar-refractivity contribution in [1.29, 1.82) is 5.26 Å². The molecule has 7 heteroatoms. The lowest BCUT2D eigenvalue weighted by molar-refractivity contribution is -0.125. The number of halogens is 1. The number of hydrogen-bond acceptors (Lipinski definition) is 5. The van der Waals surface area contributed by atoms with Crippen molar-refractivity contribution in [2.75, 3.05) is 13.1 Å². The topological polar surface area (TPSA) is 79.1 Å². The van der Waals surface area contributed by atoms with Gasteiger partial charge in [0, 0.05) is 36.5 Å². The van der Waals surface area contributed by atoms with Gasteiger partial charge in [-0.1, -0.05) is 23.7 Å². The summed E-state index contributed by atoms with van der Waals surface area (Å²) in [5.74, 6) is 0.127. The largest absolute Gasteiger partial charge is 0.470 e. The normalized spacial score (nSPS) is 16.8. The van der Waals surface area contributed by atoms with Gasteiger partial charge in [-0.2, -0.15) is 5.26 Å². The van der Waals surface area contributed by atoms with Crippen LogP contribution in [0.2, 0.25) is 5.02 Å². The molecule has 1 aromatic heterocycles. The molecule has 0 spiro atoms. The molecule has 3 rings (SSSR count). The van der Waals surface area contributed by atoms with Crippen LogP contribution >= 0.6 is 11.6 Å². The summed E-state index contributed by atoms with van der Waals surface area (Å²) in [6.07, 6.45) is 6.69. The quantitative estimate of drug-likeness (QED) is 0.789. The number of aromatic nitrogens is 2. The Hall–Kier alpha value is -2.91. The molecule has 1 fully saturated rings. The predicted octanol–water partition coefficient (Wildman–Crippen LogP) is 2.69. The van der Waals surface area contributed by atoms with E-state index in [1.165, 1.54) is 18.5 Å². The lowest BCUT2D eigenvalue weighted by atomic mass is 10.2. The molecule has 0 saturated carbocycles. The van der Waals surface area contributed by atoms with E-state index in [0.29, 0.717) is 24.5 Å². The standard InChI is InChI=1S/C18H15ClN4O2/c19-14-4-1-13(2-5-14)3-6-17(24)23-10-7-15(12-23)25-18-16(11-20)21-8-9-22-18/h1-6,8-9,15H,7,10,12H2/b6-3+/t15-/m0/s1. The number of nitriles is 1. The number of hydrogen-bond donors (Lipinski definition) is 0. The molecular weight excluding hydrogens is 340 g/mol. The molecule has 25 heavy (non-hydrogen) atoms. The van der Waals surface area contributed by atoms with Gasteiger partial charge in [-0.15, -0.1) is 0 Å². The van der Waals surface area contributed by atoms with Crippen LogP contribution in [0.3, 0.4) is 0 Å². The second-order valence-electron chi connectivity index (χ2n) is 5.52. The fourth-order valence-corrected chi connectivity index (χ4v) is 2.64. The molecule has 1 saturated heterocycles. The number of amides is 1. The van der Waals surface area contributed by atoms with Gasteiger partial charge in [0.1, 0.15) is 12.2 Å². The van der Waals surface area contributed by atoms with E-state index in [2.05, 4.69) is 9.97 Å². The highest BCUT2D eigenvalue weighted by molar-refractivity contribution is 6.30. The number of carbonyl (C=O) groups excluding carboxylic acids is 1. The molecule has 1 aliphatic heterocycles. The van der Waals surface area contributed by atoms with Crippen LogP contribution in [0.4, 0.5) is 0 Å². The minimum atomic E-state index is -0.198. The van der Waals surface area contributed by atoms with Gasteiger partial charge in [0.25, 0.3) is 5.88 Å². The molecule has 1 aliphatic rings. The van der Waals surface area contributed by atoms with Gasteiger partial charge in [0.05, 0.1) is 6.54 Å². The zero-order valence-corrected chi connectivity index (χ0v) is 14.1. The van der Waals surface area contributed by atoms with Crippen molar-refractivity contribution in [2.45, 2.75) is 12.5 Å². The smallest absolute Gasteiger partial charge is 0.251 e. The maximum Gasteiger partial charge on any atom is 0.251 e. The number of rotatable bonds is 4. The zero-order chi connectivity index (χ0) is 17.6. The summed E-state index contributed by atoms with van der Waals surface area (Å²) in [5, 5.41) is 9.67. The molecule has 1 amide bonds. The first-order valence-electron chi connectivity index (χ1n) is 7.76. The van der Waals surface area contributed by atoms with E-state index in [-0.39, 0.29) is 23.6 Å². The van der Waals surface area contributed by atoms with E-state index in [0.717, 1.165) is 5.56 Å². The van der Waals surface area contributed by atoms with E-state index < -0.39 is 0 Å². The Morgan fingerprint density at radius 3 is 2.84 bits per heavy atom. The van der Waals surface area contributed by atoms with Crippen molar-refractivity contribution in [3.8, 4) is 11.9 Å². The van der Waals surface area contributed by atoms with E-state index in [9.17, 15) is 4.79 Å². The van der Waals surface area contributed by atoms with Crippen molar-refractivity contribution in [3.05, 3.63) is 59.0 Å². The molecule has 6 nitrogen and oxygen atoms in total. The van der Waals surface area contributed by atoms with Gasteiger partial charge in [-0.05, 0) is 23.8 Å². The summed E-state index contributed by atoms with van der Waals surface area (Å²) in [6, 6.07) is 9.19. The van der Waals surface area contributed by atoms with Gasteiger partial charge >= 0.3 is 0 Å². The van der Waals surface area contributed by atoms with Crippen LogP contribution in [-0.2, 0) is 4.79 Å². The van der Waals surface area contributed by atoms with Crippen molar-refractivity contribution in [1.82, 2.24) is 14.9 Å². The lowest BCUT2D eigenvalue weighted by Crippen LogP contribution is -2.29. The van der Waals surface area contributed by atoms with Gasteiger partial charge in [0.2, 0.25) is 11.6 Å². The summed E-state index contributed by atoms with van der Waals surface area (Å²) < 4.78 is 5.72. The summed E-state index contributed by atoms with van der Waals surface area (Å²) in [7, 11) is 0. The molecule has 0 radical (unpaired) electrons. The van der Waals surface area contributed by atoms with E-state index in [4.69, 9.17) is 21.6 Å². The van der Waals surface area contributed by atoms with E-state index in [1.807, 2.05) is 18.2 Å². The van der Waals surface area contributed by atoms with E-state index >= 15 is 0 Å². The maximum absolute atomic E-state index is 12.3. The number of benzene rings is 1. The van der Waals surface area contributed by atoms with Gasteiger partial charge < -0.3 is 9.64 Å².